The van der Waals surface area contributed by atoms with Gasteiger partial charge < -0.3 is 4.74 Å². The van der Waals surface area contributed by atoms with Crippen LogP contribution in [0.25, 0.3) is 0 Å². The molecule has 0 bridgehead atoms. The van der Waals surface area contributed by atoms with Crippen LogP contribution in [0.15, 0.2) is 84.9 Å². The number of hydrogen-bond acceptors (Lipinski definition) is 3. The lowest BCUT2D eigenvalue weighted by Crippen LogP contribution is -2.28. The number of carbonyl (C=O) groups is 2. The van der Waals surface area contributed by atoms with E-state index in [1.807, 2.05) is 60.7 Å². The number of rotatable bonds is 6. The highest BCUT2D eigenvalue weighted by Gasteiger charge is 2.28. The molecule has 3 aromatic rings. The van der Waals surface area contributed by atoms with Crippen molar-refractivity contribution in [3.63, 3.8) is 0 Å². The number of carbonyl (C=O) groups excluding carboxylic acids is 2. The Morgan fingerprint density at radius 2 is 1.26 bits per heavy atom. The fourth-order valence-electron chi connectivity index (χ4n) is 2.90. The lowest BCUT2D eigenvalue weighted by molar-refractivity contribution is -0.147. The summed E-state index contributed by atoms with van der Waals surface area (Å²) >= 11 is 5.86. The lowest BCUT2D eigenvalue weighted by atomic mass is 9.91. The summed E-state index contributed by atoms with van der Waals surface area (Å²) in [5, 5.41) is 0.546. The van der Waals surface area contributed by atoms with E-state index in [0.29, 0.717) is 10.6 Å². The van der Waals surface area contributed by atoms with Crippen LogP contribution in [0.5, 0.6) is 0 Å². The maximum Gasteiger partial charge on any atom is 0.318 e. The SMILES string of the molecule is C[C@H](OC(=O)C(c1ccccc1)c1ccccc1)C(=O)c1ccc(Cl)cc1. The van der Waals surface area contributed by atoms with E-state index in [2.05, 4.69) is 0 Å². The highest BCUT2D eigenvalue weighted by molar-refractivity contribution is 6.30. The van der Waals surface area contributed by atoms with E-state index in [4.69, 9.17) is 16.3 Å². The minimum atomic E-state index is -0.895. The van der Waals surface area contributed by atoms with Crippen molar-refractivity contribution in [2.45, 2.75) is 18.9 Å². The van der Waals surface area contributed by atoms with E-state index >= 15 is 0 Å². The molecule has 0 amide bonds. The van der Waals surface area contributed by atoms with Gasteiger partial charge in [0.05, 0.1) is 0 Å². The van der Waals surface area contributed by atoms with Crippen molar-refractivity contribution >= 4 is 23.4 Å². The van der Waals surface area contributed by atoms with Crippen molar-refractivity contribution in [3.05, 3.63) is 107 Å². The van der Waals surface area contributed by atoms with Gasteiger partial charge in [-0.1, -0.05) is 72.3 Å². The quantitative estimate of drug-likeness (QED) is 0.432. The molecule has 4 heteroatoms. The van der Waals surface area contributed by atoms with E-state index < -0.39 is 18.0 Å². The average Bonchev–Trinajstić information content (AvgIpc) is 2.70. The maximum absolute atomic E-state index is 12.9. The smallest absolute Gasteiger partial charge is 0.318 e. The Hall–Kier alpha value is -2.91. The summed E-state index contributed by atoms with van der Waals surface area (Å²) in [6.07, 6.45) is -0.895. The van der Waals surface area contributed by atoms with Crippen LogP contribution in [-0.2, 0) is 9.53 Å². The number of halogens is 1. The van der Waals surface area contributed by atoms with Crippen LogP contribution < -0.4 is 0 Å². The van der Waals surface area contributed by atoms with Crippen LogP contribution in [0, 0.1) is 0 Å². The first-order valence-corrected chi connectivity index (χ1v) is 9.04. The van der Waals surface area contributed by atoms with Gasteiger partial charge in [0, 0.05) is 10.6 Å². The molecule has 0 spiro atoms. The summed E-state index contributed by atoms with van der Waals surface area (Å²) in [5.41, 5.74) is 2.09. The minimum Gasteiger partial charge on any atom is -0.454 e. The number of benzene rings is 3. The molecule has 0 saturated heterocycles. The second-order valence-electron chi connectivity index (χ2n) is 6.20. The molecule has 0 aliphatic carbocycles. The molecule has 27 heavy (non-hydrogen) atoms. The molecule has 3 rings (SSSR count). The number of hydrogen-bond donors (Lipinski definition) is 0. The molecule has 1 atom stereocenters. The van der Waals surface area contributed by atoms with Crippen LogP contribution in [-0.4, -0.2) is 17.9 Å². The summed E-state index contributed by atoms with van der Waals surface area (Å²) in [7, 11) is 0. The molecule has 0 heterocycles. The van der Waals surface area contributed by atoms with Gasteiger partial charge >= 0.3 is 5.97 Å². The average molecular weight is 379 g/mol. The van der Waals surface area contributed by atoms with Gasteiger partial charge in [-0.05, 0) is 42.3 Å². The molecule has 136 valence electrons. The van der Waals surface area contributed by atoms with E-state index in [9.17, 15) is 9.59 Å². The van der Waals surface area contributed by atoms with Crippen molar-refractivity contribution in [2.24, 2.45) is 0 Å². The normalized spacial score (nSPS) is 11.8. The molecule has 3 nitrogen and oxygen atoms in total. The van der Waals surface area contributed by atoms with Gasteiger partial charge in [0.25, 0.3) is 0 Å². The Labute approximate surface area is 163 Å². The molecule has 0 fully saturated rings. The fraction of sp³-hybridized carbons (Fsp3) is 0.130. The van der Waals surface area contributed by atoms with Gasteiger partial charge in [0.1, 0.15) is 5.92 Å². The Balaban J connectivity index is 1.82. The van der Waals surface area contributed by atoms with E-state index in [1.54, 1.807) is 31.2 Å². The molecule has 0 aliphatic rings. The Kier molecular flexibility index (Phi) is 6.05. The molecule has 0 unspecified atom stereocenters. The topological polar surface area (TPSA) is 43.4 Å². The predicted octanol–water partition coefficient (Wildman–Crippen LogP) is 5.29. The van der Waals surface area contributed by atoms with Crippen molar-refractivity contribution in [2.75, 3.05) is 0 Å². The van der Waals surface area contributed by atoms with Crippen LogP contribution in [0.1, 0.15) is 34.3 Å². The number of Topliss-reactive ketones (excluding diaryl/α,β-unsaturated/α-hetero) is 1. The van der Waals surface area contributed by atoms with Crippen LogP contribution >= 0.6 is 11.6 Å². The molecular weight excluding hydrogens is 360 g/mol. The Bertz CT molecular complexity index is 866. The van der Waals surface area contributed by atoms with Gasteiger partial charge in [0.15, 0.2) is 6.10 Å². The van der Waals surface area contributed by atoms with Crippen molar-refractivity contribution in [3.8, 4) is 0 Å². The molecular formula is C23H19ClO3. The summed E-state index contributed by atoms with van der Waals surface area (Å²) in [4.78, 5) is 25.5. The summed E-state index contributed by atoms with van der Waals surface area (Å²) in [6, 6.07) is 25.3. The monoisotopic (exact) mass is 378 g/mol. The lowest BCUT2D eigenvalue weighted by Gasteiger charge is -2.20. The Morgan fingerprint density at radius 1 is 0.778 bits per heavy atom. The number of ether oxygens (including phenoxy) is 1. The summed E-state index contributed by atoms with van der Waals surface area (Å²) < 4.78 is 5.55. The molecule has 0 radical (unpaired) electrons. The van der Waals surface area contributed by atoms with Crippen molar-refractivity contribution < 1.29 is 14.3 Å². The fourth-order valence-corrected chi connectivity index (χ4v) is 3.03. The zero-order valence-corrected chi connectivity index (χ0v) is 15.6. The molecule has 3 aromatic carbocycles. The third kappa shape index (κ3) is 4.63. The van der Waals surface area contributed by atoms with Crippen molar-refractivity contribution in [1.82, 2.24) is 0 Å². The Morgan fingerprint density at radius 3 is 1.74 bits per heavy atom. The predicted molar refractivity (Wildman–Crippen MR) is 106 cm³/mol. The second kappa shape index (κ2) is 8.65. The number of ketones is 1. The highest BCUT2D eigenvalue weighted by Crippen LogP contribution is 2.27. The zero-order valence-electron chi connectivity index (χ0n) is 14.8. The summed E-state index contributed by atoms with van der Waals surface area (Å²) in [5.74, 6) is -1.31. The van der Waals surface area contributed by atoms with Gasteiger partial charge in [-0.2, -0.15) is 0 Å². The van der Waals surface area contributed by atoms with Gasteiger partial charge in [-0.15, -0.1) is 0 Å². The van der Waals surface area contributed by atoms with E-state index in [0.717, 1.165) is 11.1 Å². The van der Waals surface area contributed by atoms with E-state index in [1.165, 1.54) is 0 Å². The first-order chi connectivity index (χ1) is 13.1. The molecule has 0 aliphatic heterocycles. The highest BCUT2D eigenvalue weighted by atomic mass is 35.5. The van der Waals surface area contributed by atoms with Crippen LogP contribution in [0.3, 0.4) is 0 Å². The molecule has 0 aromatic heterocycles. The largest absolute Gasteiger partial charge is 0.454 e. The second-order valence-corrected chi connectivity index (χ2v) is 6.64. The molecule has 0 saturated carbocycles. The maximum atomic E-state index is 12.9. The van der Waals surface area contributed by atoms with Gasteiger partial charge in [-0.25, -0.2) is 0 Å². The molecule has 0 N–H and O–H groups in total. The van der Waals surface area contributed by atoms with Crippen molar-refractivity contribution in [1.29, 1.82) is 0 Å². The third-order valence-corrected chi connectivity index (χ3v) is 4.54. The first kappa shape index (κ1) is 18.9. The van der Waals surface area contributed by atoms with E-state index in [-0.39, 0.29) is 5.78 Å². The third-order valence-electron chi connectivity index (χ3n) is 4.29. The first-order valence-electron chi connectivity index (χ1n) is 8.66. The van der Waals surface area contributed by atoms with Crippen LogP contribution in [0.2, 0.25) is 5.02 Å². The van der Waals surface area contributed by atoms with Gasteiger partial charge in [-0.3, -0.25) is 9.59 Å². The zero-order chi connectivity index (χ0) is 19.2. The number of esters is 1. The van der Waals surface area contributed by atoms with Gasteiger partial charge in [0.2, 0.25) is 5.78 Å². The standard InChI is InChI=1S/C23H19ClO3/c1-16(22(25)19-12-14-20(24)15-13-19)27-23(26)21(17-8-4-2-5-9-17)18-10-6-3-7-11-18/h2-16,21H,1H3/t16-/m0/s1. The van der Waals surface area contributed by atoms with Crippen LogP contribution in [0.4, 0.5) is 0 Å². The summed E-state index contributed by atoms with van der Waals surface area (Å²) in [6.45, 7) is 1.59. The minimum absolute atomic E-state index is 0.264.